The molecule has 1 amide bonds. The number of carboxylic acids is 1. The Kier molecular flexibility index (Phi) is 3.04. The zero-order valence-electron chi connectivity index (χ0n) is 10.7. The van der Waals surface area contributed by atoms with E-state index >= 15 is 0 Å². The predicted octanol–water partition coefficient (Wildman–Crippen LogP) is 1.89. The van der Waals surface area contributed by atoms with Crippen LogP contribution in [-0.4, -0.2) is 34.5 Å². The number of carboxylic acid groups (broad SMARTS) is 1. The van der Waals surface area contributed by atoms with E-state index in [-0.39, 0.29) is 24.3 Å². The van der Waals surface area contributed by atoms with Gasteiger partial charge in [-0.25, -0.2) is 0 Å². The molecule has 18 heavy (non-hydrogen) atoms. The summed E-state index contributed by atoms with van der Waals surface area (Å²) in [5, 5.41) is 8.93. The number of carbonyl (C=O) groups is 2. The number of nitrogens with zero attached hydrogens (tertiary/aromatic N) is 1. The molecule has 2 saturated carbocycles. The molecule has 3 aliphatic rings. The molecule has 0 radical (unpaired) electrons. The number of hydrogen-bond acceptors (Lipinski definition) is 2. The van der Waals surface area contributed by atoms with Crippen molar-refractivity contribution in [3.8, 4) is 0 Å². The van der Waals surface area contributed by atoms with Crippen molar-refractivity contribution in [3.05, 3.63) is 0 Å². The fourth-order valence-corrected chi connectivity index (χ4v) is 3.46. The van der Waals surface area contributed by atoms with Crippen LogP contribution in [0, 0.1) is 17.8 Å². The van der Waals surface area contributed by atoms with Crippen molar-refractivity contribution in [2.45, 2.75) is 51.0 Å². The van der Waals surface area contributed by atoms with Crippen LogP contribution >= 0.6 is 0 Å². The zero-order chi connectivity index (χ0) is 12.7. The van der Waals surface area contributed by atoms with Gasteiger partial charge in [-0.3, -0.25) is 9.59 Å². The van der Waals surface area contributed by atoms with Gasteiger partial charge in [0.15, 0.2) is 0 Å². The molecular formula is C14H21NO3. The minimum Gasteiger partial charge on any atom is -0.481 e. The van der Waals surface area contributed by atoms with Crippen molar-refractivity contribution in [2.24, 2.45) is 17.8 Å². The Morgan fingerprint density at radius 2 is 1.94 bits per heavy atom. The van der Waals surface area contributed by atoms with Gasteiger partial charge >= 0.3 is 5.97 Å². The molecule has 1 aliphatic heterocycles. The summed E-state index contributed by atoms with van der Waals surface area (Å²) in [6, 6.07) is -0.0517. The molecule has 0 aromatic heterocycles. The van der Waals surface area contributed by atoms with Crippen molar-refractivity contribution < 1.29 is 14.7 Å². The molecule has 3 atom stereocenters. The van der Waals surface area contributed by atoms with E-state index in [0.29, 0.717) is 5.92 Å². The van der Waals surface area contributed by atoms with Crippen LogP contribution in [0.3, 0.4) is 0 Å². The Morgan fingerprint density at radius 3 is 2.61 bits per heavy atom. The Labute approximate surface area is 107 Å². The Bertz CT molecular complexity index is 364. The van der Waals surface area contributed by atoms with Crippen LogP contribution in [-0.2, 0) is 9.59 Å². The Hall–Kier alpha value is -1.06. The normalized spacial score (nSPS) is 35.3. The molecule has 0 bridgehead atoms. The number of piperidine rings is 1. The van der Waals surface area contributed by atoms with Crippen LogP contribution in [0.4, 0.5) is 0 Å². The van der Waals surface area contributed by atoms with Crippen molar-refractivity contribution in [2.75, 3.05) is 6.54 Å². The maximum absolute atomic E-state index is 12.4. The van der Waals surface area contributed by atoms with E-state index in [0.717, 1.165) is 38.1 Å². The van der Waals surface area contributed by atoms with Crippen LogP contribution in [0.2, 0.25) is 0 Å². The highest BCUT2D eigenvalue weighted by Crippen LogP contribution is 2.55. The van der Waals surface area contributed by atoms with Gasteiger partial charge in [0.25, 0.3) is 0 Å². The van der Waals surface area contributed by atoms with Crippen molar-refractivity contribution in [3.63, 3.8) is 0 Å². The molecule has 3 fully saturated rings. The van der Waals surface area contributed by atoms with Crippen LogP contribution in [0.5, 0.6) is 0 Å². The smallest absolute Gasteiger partial charge is 0.305 e. The first-order chi connectivity index (χ1) is 8.66. The quantitative estimate of drug-likeness (QED) is 0.830. The lowest BCUT2D eigenvalue weighted by atomic mass is 9.98. The largest absolute Gasteiger partial charge is 0.481 e. The lowest BCUT2D eigenvalue weighted by Crippen LogP contribution is -2.45. The highest BCUT2D eigenvalue weighted by Gasteiger charge is 2.52. The van der Waals surface area contributed by atoms with E-state index in [1.54, 1.807) is 0 Å². The molecule has 4 nitrogen and oxygen atoms in total. The third-order valence-corrected chi connectivity index (χ3v) is 4.70. The topological polar surface area (TPSA) is 57.6 Å². The molecule has 0 spiro atoms. The molecule has 0 aromatic rings. The van der Waals surface area contributed by atoms with E-state index in [2.05, 4.69) is 0 Å². The summed E-state index contributed by atoms with van der Waals surface area (Å²) in [4.78, 5) is 25.2. The van der Waals surface area contributed by atoms with E-state index in [1.807, 2.05) is 4.90 Å². The first-order valence-corrected chi connectivity index (χ1v) is 7.19. The maximum atomic E-state index is 12.4. The number of aliphatic carboxylic acids is 1. The molecule has 1 saturated heterocycles. The highest BCUT2D eigenvalue weighted by atomic mass is 16.4. The number of likely N-dealkylation sites (tertiary alicyclic amines) is 1. The summed E-state index contributed by atoms with van der Waals surface area (Å²) >= 11 is 0. The van der Waals surface area contributed by atoms with E-state index in [1.165, 1.54) is 12.8 Å². The second kappa shape index (κ2) is 4.56. The van der Waals surface area contributed by atoms with E-state index in [4.69, 9.17) is 5.11 Å². The SMILES string of the molecule is O=C(O)C[C@@H]1CCCCN1C(=O)[C@H]1C[C@H]1C1CC1. The Balaban J connectivity index is 1.61. The average Bonchev–Trinajstić information content (AvgIpc) is 3.18. The maximum Gasteiger partial charge on any atom is 0.305 e. The van der Waals surface area contributed by atoms with Gasteiger partial charge in [-0.1, -0.05) is 0 Å². The molecule has 0 aromatic carbocycles. The standard InChI is InChI=1S/C14H21NO3/c16-13(17)7-10-3-1-2-6-15(10)14(18)12-8-11(12)9-4-5-9/h9-12H,1-8H2,(H,16,17)/t10-,11-,12-/m0/s1. The summed E-state index contributed by atoms with van der Waals surface area (Å²) in [5.74, 6) is 1.13. The van der Waals surface area contributed by atoms with Gasteiger partial charge in [-0.2, -0.15) is 0 Å². The first-order valence-electron chi connectivity index (χ1n) is 7.19. The average molecular weight is 251 g/mol. The second-order valence-electron chi connectivity index (χ2n) is 6.12. The van der Waals surface area contributed by atoms with Crippen LogP contribution in [0.25, 0.3) is 0 Å². The van der Waals surface area contributed by atoms with Gasteiger partial charge in [0.2, 0.25) is 5.91 Å². The number of rotatable bonds is 4. The van der Waals surface area contributed by atoms with Crippen molar-refractivity contribution >= 4 is 11.9 Å². The predicted molar refractivity (Wildman–Crippen MR) is 65.9 cm³/mol. The summed E-state index contributed by atoms with van der Waals surface area (Å²) in [7, 11) is 0. The molecular weight excluding hydrogens is 230 g/mol. The molecule has 0 unspecified atom stereocenters. The fraction of sp³-hybridized carbons (Fsp3) is 0.857. The summed E-state index contributed by atoms with van der Waals surface area (Å²) in [6.45, 7) is 0.769. The van der Waals surface area contributed by atoms with Crippen LogP contribution in [0.15, 0.2) is 0 Å². The molecule has 2 aliphatic carbocycles. The third-order valence-electron chi connectivity index (χ3n) is 4.70. The fourth-order valence-electron chi connectivity index (χ4n) is 3.46. The summed E-state index contributed by atoms with van der Waals surface area (Å²) in [5.41, 5.74) is 0. The van der Waals surface area contributed by atoms with Crippen molar-refractivity contribution in [1.82, 2.24) is 4.90 Å². The van der Waals surface area contributed by atoms with E-state index in [9.17, 15) is 9.59 Å². The number of amides is 1. The molecule has 1 N–H and O–H groups in total. The number of carbonyl (C=O) groups excluding carboxylic acids is 1. The van der Waals surface area contributed by atoms with Crippen LogP contribution < -0.4 is 0 Å². The van der Waals surface area contributed by atoms with Gasteiger partial charge in [0, 0.05) is 18.5 Å². The second-order valence-corrected chi connectivity index (χ2v) is 6.12. The van der Waals surface area contributed by atoms with Gasteiger partial charge in [-0.15, -0.1) is 0 Å². The van der Waals surface area contributed by atoms with Crippen molar-refractivity contribution in [1.29, 1.82) is 0 Å². The lowest BCUT2D eigenvalue weighted by molar-refractivity contribution is -0.142. The third kappa shape index (κ3) is 2.38. The first kappa shape index (κ1) is 12.0. The minimum atomic E-state index is -0.783. The van der Waals surface area contributed by atoms with E-state index < -0.39 is 5.97 Å². The number of hydrogen-bond donors (Lipinski definition) is 1. The van der Waals surface area contributed by atoms with Gasteiger partial charge in [0.05, 0.1) is 6.42 Å². The highest BCUT2D eigenvalue weighted by molar-refractivity contribution is 5.83. The lowest BCUT2D eigenvalue weighted by Gasteiger charge is -2.35. The zero-order valence-corrected chi connectivity index (χ0v) is 10.7. The molecule has 4 heteroatoms. The minimum absolute atomic E-state index is 0.0517. The molecule has 3 rings (SSSR count). The molecule has 1 heterocycles. The summed E-state index contributed by atoms with van der Waals surface area (Å²) < 4.78 is 0. The summed E-state index contributed by atoms with van der Waals surface area (Å²) in [6.07, 6.45) is 6.71. The van der Waals surface area contributed by atoms with Crippen LogP contribution in [0.1, 0.15) is 44.9 Å². The van der Waals surface area contributed by atoms with Gasteiger partial charge < -0.3 is 10.0 Å². The van der Waals surface area contributed by atoms with Gasteiger partial charge in [0.1, 0.15) is 0 Å². The van der Waals surface area contributed by atoms with Gasteiger partial charge in [-0.05, 0) is 50.4 Å². The molecule has 100 valence electrons. The monoisotopic (exact) mass is 251 g/mol. The Morgan fingerprint density at radius 1 is 1.17 bits per heavy atom.